The number of rotatable bonds is 6. The zero-order valence-electron chi connectivity index (χ0n) is 14.0. The highest BCUT2D eigenvalue weighted by Gasteiger charge is 2.27. The van der Waals surface area contributed by atoms with E-state index in [0.29, 0.717) is 6.54 Å². The van der Waals surface area contributed by atoms with E-state index in [1.54, 1.807) is 13.1 Å². The van der Waals surface area contributed by atoms with Gasteiger partial charge in [-0.2, -0.15) is 5.10 Å². The van der Waals surface area contributed by atoms with E-state index in [1.165, 1.54) is 6.42 Å². The molecule has 2 atom stereocenters. The first kappa shape index (κ1) is 17.3. The number of piperidine rings is 1. The highest BCUT2D eigenvalue weighted by Crippen LogP contribution is 2.17. The molecule has 128 valence electrons. The van der Waals surface area contributed by atoms with Crippen molar-refractivity contribution in [1.82, 2.24) is 25.3 Å². The summed E-state index contributed by atoms with van der Waals surface area (Å²) >= 11 is 0. The predicted octanol–water partition coefficient (Wildman–Crippen LogP) is 1.36. The number of aryl methyl sites for hydroxylation is 1. The Bertz CT molecular complexity index is 503. The summed E-state index contributed by atoms with van der Waals surface area (Å²) in [4.78, 5) is 26.2. The highest BCUT2D eigenvalue weighted by molar-refractivity contribution is 5.86. The third kappa shape index (κ3) is 5.26. The van der Waals surface area contributed by atoms with E-state index < -0.39 is 6.04 Å². The number of carbonyl (C=O) groups excluding carboxylic acids is 2. The smallest absolute Gasteiger partial charge is 0.315 e. The lowest BCUT2D eigenvalue weighted by Crippen LogP contribution is -2.53. The summed E-state index contributed by atoms with van der Waals surface area (Å²) < 4.78 is 1.82. The number of amides is 3. The Labute approximate surface area is 137 Å². The Kier molecular flexibility index (Phi) is 6.43. The molecule has 0 bridgehead atoms. The summed E-state index contributed by atoms with van der Waals surface area (Å²) in [5.74, 6) is 0.00360. The maximum atomic E-state index is 12.4. The van der Waals surface area contributed by atoms with Crippen molar-refractivity contribution in [3.8, 4) is 0 Å². The van der Waals surface area contributed by atoms with Crippen LogP contribution in [0.4, 0.5) is 4.79 Å². The average Bonchev–Trinajstić information content (AvgIpc) is 3.04. The van der Waals surface area contributed by atoms with Crippen LogP contribution in [0.3, 0.4) is 0 Å². The van der Waals surface area contributed by atoms with Crippen LogP contribution >= 0.6 is 0 Å². The minimum atomic E-state index is -0.498. The minimum absolute atomic E-state index is 0.00360. The van der Waals surface area contributed by atoms with E-state index >= 15 is 0 Å². The van der Waals surface area contributed by atoms with Crippen molar-refractivity contribution in [1.29, 1.82) is 0 Å². The first-order valence-electron chi connectivity index (χ1n) is 8.40. The van der Waals surface area contributed by atoms with Crippen LogP contribution in [0.5, 0.6) is 0 Å². The van der Waals surface area contributed by atoms with Gasteiger partial charge in [-0.25, -0.2) is 4.79 Å². The molecule has 23 heavy (non-hydrogen) atoms. The summed E-state index contributed by atoms with van der Waals surface area (Å²) in [5.41, 5.74) is 0. The van der Waals surface area contributed by atoms with Crippen LogP contribution in [-0.2, 0) is 11.3 Å². The maximum absolute atomic E-state index is 12.4. The Morgan fingerprint density at radius 2 is 2.22 bits per heavy atom. The topological polar surface area (TPSA) is 79.3 Å². The minimum Gasteiger partial charge on any atom is -0.338 e. The van der Waals surface area contributed by atoms with Crippen LogP contribution in [0.25, 0.3) is 0 Å². The fourth-order valence-electron chi connectivity index (χ4n) is 2.86. The predicted molar refractivity (Wildman–Crippen MR) is 87.9 cm³/mol. The van der Waals surface area contributed by atoms with E-state index in [-0.39, 0.29) is 18.0 Å². The van der Waals surface area contributed by atoms with Crippen molar-refractivity contribution >= 4 is 11.9 Å². The van der Waals surface area contributed by atoms with Crippen molar-refractivity contribution in [2.24, 2.45) is 0 Å². The molecule has 7 heteroatoms. The average molecular weight is 321 g/mol. The lowest BCUT2D eigenvalue weighted by atomic mass is 10.0. The number of urea groups is 1. The lowest BCUT2D eigenvalue weighted by molar-refractivity contribution is -0.136. The van der Waals surface area contributed by atoms with E-state index in [0.717, 1.165) is 32.4 Å². The van der Waals surface area contributed by atoms with Gasteiger partial charge < -0.3 is 15.5 Å². The van der Waals surface area contributed by atoms with Gasteiger partial charge in [0.25, 0.3) is 0 Å². The monoisotopic (exact) mass is 321 g/mol. The van der Waals surface area contributed by atoms with Gasteiger partial charge in [0, 0.05) is 38.1 Å². The number of aromatic nitrogens is 2. The van der Waals surface area contributed by atoms with Gasteiger partial charge in [0.15, 0.2) is 0 Å². The van der Waals surface area contributed by atoms with Crippen molar-refractivity contribution in [2.45, 2.75) is 58.2 Å². The van der Waals surface area contributed by atoms with E-state index in [4.69, 9.17) is 0 Å². The number of carbonyl (C=O) groups is 2. The Morgan fingerprint density at radius 1 is 1.39 bits per heavy atom. The van der Waals surface area contributed by atoms with Gasteiger partial charge in [-0.1, -0.05) is 0 Å². The molecular weight excluding hydrogens is 294 g/mol. The van der Waals surface area contributed by atoms with Gasteiger partial charge in [-0.05, 0) is 45.6 Å². The van der Waals surface area contributed by atoms with Crippen LogP contribution in [0.2, 0.25) is 0 Å². The molecule has 2 rings (SSSR count). The van der Waals surface area contributed by atoms with Crippen molar-refractivity contribution in [2.75, 3.05) is 13.1 Å². The van der Waals surface area contributed by atoms with Crippen molar-refractivity contribution in [3.05, 3.63) is 18.5 Å². The summed E-state index contributed by atoms with van der Waals surface area (Å²) in [6.07, 6.45) is 7.67. The second-order valence-corrected chi connectivity index (χ2v) is 6.12. The van der Waals surface area contributed by atoms with Gasteiger partial charge >= 0.3 is 6.03 Å². The molecule has 1 aliphatic heterocycles. The Hall–Kier alpha value is -2.05. The summed E-state index contributed by atoms with van der Waals surface area (Å²) in [6, 6.07) is 1.34. The number of hydrogen-bond acceptors (Lipinski definition) is 3. The van der Waals surface area contributed by atoms with E-state index in [1.807, 2.05) is 21.8 Å². The highest BCUT2D eigenvalue weighted by atomic mass is 16.2. The van der Waals surface area contributed by atoms with E-state index in [9.17, 15) is 9.59 Å². The zero-order chi connectivity index (χ0) is 16.7. The molecule has 2 unspecified atom stereocenters. The number of hydrogen-bond donors (Lipinski definition) is 2. The molecular formula is C16H27N5O2. The second kappa shape index (κ2) is 8.55. The van der Waals surface area contributed by atoms with Gasteiger partial charge in [0.1, 0.15) is 6.04 Å². The summed E-state index contributed by atoms with van der Waals surface area (Å²) in [6.45, 7) is 5.91. The first-order chi connectivity index (χ1) is 11.1. The third-order valence-electron chi connectivity index (χ3n) is 4.21. The zero-order valence-corrected chi connectivity index (χ0v) is 14.0. The third-order valence-corrected chi connectivity index (χ3v) is 4.21. The molecule has 2 heterocycles. The molecule has 0 spiro atoms. The fourth-order valence-corrected chi connectivity index (χ4v) is 2.86. The van der Waals surface area contributed by atoms with Crippen LogP contribution < -0.4 is 10.6 Å². The molecule has 0 saturated carbocycles. The second-order valence-electron chi connectivity index (χ2n) is 6.12. The Morgan fingerprint density at radius 3 is 2.91 bits per heavy atom. The van der Waals surface area contributed by atoms with E-state index in [2.05, 4.69) is 22.7 Å². The van der Waals surface area contributed by atoms with Gasteiger partial charge in [-0.3, -0.25) is 9.48 Å². The molecule has 1 aromatic rings. The summed E-state index contributed by atoms with van der Waals surface area (Å²) in [5, 5.41) is 9.61. The maximum Gasteiger partial charge on any atom is 0.315 e. The molecule has 1 saturated heterocycles. The molecule has 0 aromatic carbocycles. The quantitative estimate of drug-likeness (QED) is 0.777. The van der Waals surface area contributed by atoms with Crippen LogP contribution in [0.1, 0.15) is 39.5 Å². The molecule has 1 aromatic heterocycles. The van der Waals surface area contributed by atoms with Crippen LogP contribution in [-0.4, -0.2) is 51.8 Å². The normalized spacial score (nSPS) is 19.2. The van der Waals surface area contributed by atoms with Crippen LogP contribution in [0.15, 0.2) is 18.5 Å². The van der Waals surface area contributed by atoms with Crippen molar-refractivity contribution in [3.63, 3.8) is 0 Å². The van der Waals surface area contributed by atoms with Gasteiger partial charge in [0.2, 0.25) is 5.91 Å². The number of nitrogens with one attached hydrogen (secondary N) is 2. The first-order valence-corrected chi connectivity index (χ1v) is 8.40. The molecule has 0 radical (unpaired) electrons. The van der Waals surface area contributed by atoms with Gasteiger partial charge in [-0.15, -0.1) is 0 Å². The standard InChI is InChI=1S/C16H27N5O2/c1-13-7-3-4-12-21(13)15(22)14(2)19-16(23)17-8-5-10-20-11-6-9-18-20/h6,9,11,13-14H,3-5,7-8,10,12H2,1-2H3,(H2,17,19,23). The molecule has 1 fully saturated rings. The van der Waals surface area contributed by atoms with Crippen LogP contribution in [0, 0.1) is 0 Å². The summed E-state index contributed by atoms with van der Waals surface area (Å²) in [7, 11) is 0. The molecule has 7 nitrogen and oxygen atoms in total. The lowest BCUT2D eigenvalue weighted by Gasteiger charge is -2.35. The Balaban J connectivity index is 1.66. The van der Waals surface area contributed by atoms with Crippen molar-refractivity contribution < 1.29 is 9.59 Å². The number of nitrogens with zero attached hydrogens (tertiary/aromatic N) is 3. The molecule has 2 N–H and O–H groups in total. The molecule has 3 amide bonds. The fraction of sp³-hybridized carbons (Fsp3) is 0.688. The molecule has 0 aliphatic carbocycles. The number of likely N-dealkylation sites (tertiary alicyclic amines) is 1. The SMILES string of the molecule is CC(NC(=O)NCCCn1cccn1)C(=O)N1CCCCC1C. The molecule has 1 aliphatic rings. The largest absolute Gasteiger partial charge is 0.338 e. The van der Waals surface area contributed by atoms with Gasteiger partial charge in [0.05, 0.1) is 0 Å².